The fourth-order valence-corrected chi connectivity index (χ4v) is 0.984. The zero-order chi connectivity index (χ0) is 12.1. The Balaban J connectivity index is 2.41. The summed E-state index contributed by atoms with van der Waals surface area (Å²) in [5.74, 6) is -1.97. The van der Waals surface area contributed by atoms with Crippen molar-refractivity contribution >= 4 is 11.9 Å². The van der Waals surface area contributed by atoms with E-state index in [1.807, 2.05) is 0 Å². The third-order valence-corrected chi connectivity index (χ3v) is 1.78. The smallest absolute Gasteiger partial charge is 0.417 e. The van der Waals surface area contributed by atoms with Gasteiger partial charge in [0.05, 0.1) is 24.3 Å². The highest BCUT2D eigenvalue weighted by Crippen LogP contribution is 2.00. The Morgan fingerprint density at radius 1 is 1.44 bits per heavy atom. The van der Waals surface area contributed by atoms with Crippen LogP contribution in [0.25, 0.3) is 0 Å². The number of hydrogen-bond donors (Lipinski definition) is 0. The average Bonchev–Trinajstić information content (AvgIpc) is 2.59. The first-order valence-corrected chi connectivity index (χ1v) is 4.83. The van der Waals surface area contributed by atoms with Crippen molar-refractivity contribution in [2.45, 2.75) is 26.6 Å². The van der Waals surface area contributed by atoms with E-state index in [0.29, 0.717) is 5.69 Å². The normalized spacial score (nSPS) is 10.2. The molecule has 0 saturated carbocycles. The van der Waals surface area contributed by atoms with Crippen LogP contribution in [-0.2, 0) is 32.7 Å². The molecular formula is C10H14N2O4. The van der Waals surface area contributed by atoms with Crippen molar-refractivity contribution in [2.75, 3.05) is 0 Å². The Kier molecular flexibility index (Phi) is 4.04. The molecule has 88 valence electrons. The number of nitrogens with zero attached hydrogens (tertiary/aromatic N) is 2. The second-order valence-corrected chi connectivity index (χ2v) is 3.53. The molecule has 6 heteroatoms. The predicted molar refractivity (Wildman–Crippen MR) is 54.2 cm³/mol. The summed E-state index contributed by atoms with van der Waals surface area (Å²) in [6, 6.07) is 0. The van der Waals surface area contributed by atoms with Gasteiger partial charge in [-0.1, -0.05) is 0 Å². The van der Waals surface area contributed by atoms with Crippen LogP contribution >= 0.6 is 0 Å². The van der Waals surface area contributed by atoms with Crippen LogP contribution in [0.4, 0.5) is 0 Å². The number of aromatic nitrogens is 2. The summed E-state index contributed by atoms with van der Waals surface area (Å²) < 4.78 is 11.1. The maximum Gasteiger partial charge on any atom is 0.417 e. The van der Waals surface area contributed by atoms with Gasteiger partial charge in [-0.2, -0.15) is 0 Å². The molecule has 1 aromatic heterocycles. The largest absolute Gasteiger partial charge is 0.455 e. The number of aryl methyl sites for hydroxylation is 1. The van der Waals surface area contributed by atoms with Crippen molar-refractivity contribution in [1.82, 2.24) is 9.55 Å². The van der Waals surface area contributed by atoms with Crippen LogP contribution in [0.3, 0.4) is 0 Å². The average molecular weight is 226 g/mol. The fraction of sp³-hybridized carbons (Fsp3) is 0.500. The van der Waals surface area contributed by atoms with Gasteiger partial charge in [-0.15, -0.1) is 0 Å². The lowest BCUT2D eigenvalue weighted by atomic mass is 10.5. The van der Waals surface area contributed by atoms with Gasteiger partial charge in [0.2, 0.25) is 0 Å². The lowest BCUT2D eigenvalue weighted by Gasteiger charge is -2.07. The molecule has 0 amide bonds. The third kappa shape index (κ3) is 3.38. The Morgan fingerprint density at radius 2 is 2.12 bits per heavy atom. The number of carbonyl (C=O) groups is 2. The Hall–Kier alpha value is -1.85. The zero-order valence-electron chi connectivity index (χ0n) is 9.47. The summed E-state index contributed by atoms with van der Waals surface area (Å²) in [5, 5.41) is 0. The summed E-state index contributed by atoms with van der Waals surface area (Å²) in [4.78, 5) is 26.1. The van der Waals surface area contributed by atoms with Gasteiger partial charge in [0, 0.05) is 7.05 Å². The minimum atomic E-state index is -0.991. The molecule has 0 aromatic carbocycles. The lowest BCUT2D eigenvalue weighted by molar-refractivity contribution is -0.170. The second kappa shape index (κ2) is 5.29. The van der Waals surface area contributed by atoms with Gasteiger partial charge in [0.15, 0.2) is 0 Å². The van der Waals surface area contributed by atoms with E-state index in [-0.39, 0.29) is 12.7 Å². The molecule has 0 saturated heterocycles. The molecule has 1 rings (SSSR count). The highest BCUT2D eigenvalue weighted by molar-refractivity contribution is 6.29. The minimum Gasteiger partial charge on any atom is -0.455 e. The van der Waals surface area contributed by atoms with E-state index in [1.165, 1.54) is 0 Å². The van der Waals surface area contributed by atoms with Crippen molar-refractivity contribution < 1.29 is 19.1 Å². The highest BCUT2D eigenvalue weighted by atomic mass is 16.6. The molecule has 0 fully saturated rings. The van der Waals surface area contributed by atoms with E-state index in [0.717, 1.165) is 0 Å². The molecule has 0 atom stereocenters. The summed E-state index contributed by atoms with van der Waals surface area (Å²) in [6.07, 6.45) is 2.80. The molecule has 6 nitrogen and oxygen atoms in total. The zero-order valence-corrected chi connectivity index (χ0v) is 9.47. The van der Waals surface area contributed by atoms with Crippen LogP contribution in [0.15, 0.2) is 12.5 Å². The molecular weight excluding hydrogens is 212 g/mol. The van der Waals surface area contributed by atoms with E-state index in [2.05, 4.69) is 9.72 Å². The molecule has 0 spiro atoms. The number of ether oxygens (including phenoxy) is 2. The molecule has 0 bridgehead atoms. The first kappa shape index (κ1) is 12.2. The summed E-state index contributed by atoms with van der Waals surface area (Å²) >= 11 is 0. The molecule has 1 aromatic rings. The topological polar surface area (TPSA) is 70.4 Å². The van der Waals surface area contributed by atoms with Gasteiger partial charge in [-0.25, -0.2) is 14.6 Å². The van der Waals surface area contributed by atoms with E-state index in [4.69, 9.17) is 4.74 Å². The van der Waals surface area contributed by atoms with Crippen LogP contribution in [0, 0.1) is 0 Å². The van der Waals surface area contributed by atoms with Crippen LogP contribution in [-0.4, -0.2) is 27.6 Å². The molecule has 0 unspecified atom stereocenters. The van der Waals surface area contributed by atoms with Gasteiger partial charge >= 0.3 is 11.9 Å². The van der Waals surface area contributed by atoms with Gasteiger partial charge in [-0.3, -0.25) is 0 Å². The van der Waals surface area contributed by atoms with Crippen molar-refractivity contribution in [3.05, 3.63) is 18.2 Å². The summed E-state index contributed by atoms with van der Waals surface area (Å²) in [7, 11) is 1.77. The molecule has 0 aliphatic rings. The van der Waals surface area contributed by atoms with Crippen LogP contribution in [0.2, 0.25) is 0 Å². The van der Waals surface area contributed by atoms with Gasteiger partial charge in [0.1, 0.15) is 6.61 Å². The first-order chi connectivity index (χ1) is 7.50. The van der Waals surface area contributed by atoms with Crippen LogP contribution in [0.1, 0.15) is 19.5 Å². The molecule has 0 N–H and O–H groups in total. The number of esters is 2. The van der Waals surface area contributed by atoms with Gasteiger partial charge in [0.25, 0.3) is 0 Å². The number of imidazole rings is 1. The maximum atomic E-state index is 11.2. The Bertz CT molecular complexity index is 384. The molecule has 0 aliphatic heterocycles. The van der Waals surface area contributed by atoms with Crippen LogP contribution < -0.4 is 0 Å². The lowest BCUT2D eigenvalue weighted by Crippen LogP contribution is -2.23. The fourth-order valence-electron chi connectivity index (χ4n) is 0.984. The van der Waals surface area contributed by atoms with Crippen molar-refractivity contribution in [2.24, 2.45) is 7.05 Å². The van der Waals surface area contributed by atoms with E-state index in [1.54, 1.807) is 38.0 Å². The quantitative estimate of drug-likeness (QED) is 0.551. The van der Waals surface area contributed by atoms with Gasteiger partial charge < -0.3 is 14.0 Å². The first-order valence-electron chi connectivity index (χ1n) is 4.83. The van der Waals surface area contributed by atoms with Crippen molar-refractivity contribution in [1.29, 1.82) is 0 Å². The number of rotatable bonds is 3. The van der Waals surface area contributed by atoms with Crippen molar-refractivity contribution in [3.63, 3.8) is 0 Å². The Morgan fingerprint density at radius 3 is 2.62 bits per heavy atom. The van der Waals surface area contributed by atoms with Crippen LogP contribution in [0.5, 0.6) is 0 Å². The van der Waals surface area contributed by atoms with Gasteiger partial charge in [-0.05, 0) is 13.8 Å². The second-order valence-electron chi connectivity index (χ2n) is 3.53. The number of carbonyl (C=O) groups excluding carboxylic acids is 2. The molecule has 0 radical (unpaired) electrons. The third-order valence-electron chi connectivity index (χ3n) is 1.78. The Labute approximate surface area is 93.2 Å². The minimum absolute atomic E-state index is 0.00251. The SMILES string of the molecule is CC(C)OC(=O)C(=O)OCc1cncn1C. The van der Waals surface area contributed by atoms with E-state index < -0.39 is 11.9 Å². The summed E-state index contributed by atoms with van der Waals surface area (Å²) in [5.41, 5.74) is 0.700. The van der Waals surface area contributed by atoms with Crippen molar-refractivity contribution in [3.8, 4) is 0 Å². The monoisotopic (exact) mass is 226 g/mol. The summed E-state index contributed by atoms with van der Waals surface area (Å²) in [6.45, 7) is 3.32. The molecule has 16 heavy (non-hydrogen) atoms. The molecule has 0 aliphatic carbocycles. The molecule has 1 heterocycles. The maximum absolute atomic E-state index is 11.2. The van der Waals surface area contributed by atoms with E-state index in [9.17, 15) is 9.59 Å². The standard InChI is InChI=1S/C10H14N2O4/c1-7(2)16-10(14)9(13)15-5-8-4-11-6-12(8)3/h4,6-7H,5H2,1-3H3. The predicted octanol–water partition coefficient (Wildman–Crippen LogP) is 0.415. The van der Waals surface area contributed by atoms with E-state index >= 15 is 0 Å². The highest BCUT2D eigenvalue weighted by Gasteiger charge is 2.18. The number of hydrogen-bond acceptors (Lipinski definition) is 5.